The number of nitrogens with zero attached hydrogens (tertiary/aromatic N) is 3. The third-order valence-electron chi connectivity index (χ3n) is 9.74. The third-order valence-corrected chi connectivity index (χ3v) is 9.74. The molecule has 5 nitrogen and oxygen atoms in total. The van der Waals surface area contributed by atoms with Crippen molar-refractivity contribution in [2.75, 3.05) is 0 Å². The summed E-state index contributed by atoms with van der Waals surface area (Å²) in [6.45, 7) is 2.70. The Morgan fingerprint density at radius 3 is 2.72 bits per heavy atom. The van der Waals surface area contributed by atoms with E-state index >= 15 is 0 Å². The molecule has 5 aliphatic carbocycles. The van der Waals surface area contributed by atoms with Gasteiger partial charge in [0.15, 0.2) is 5.78 Å². The number of Topliss-reactive ketones (excluding diaryl/α,β-unsaturated/α-hetero) is 1. The molecule has 0 radical (unpaired) electrons. The van der Waals surface area contributed by atoms with Crippen LogP contribution in [0.2, 0.25) is 0 Å². The van der Waals surface area contributed by atoms with Crippen LogP contribution in [0.25, 0.3) is 0 Å². The summed E-state index contributed by atoms with van der Waals surface area (Å²) in [4.78, 5) is 14.7. The van der Waals surface area contributed by atoms with E-state index in [1.807, 2.05) is 0 Å². The predicted molar refractivity (Wildman–Crippen MR) is 121 cm³/mol. The van der Waals surface area contributed by atoms with Crippen molar-refractivity contribution in [3.05, 3.63) is 24.0 Å². The summed E-state index contributed by atoms with van der Waals surface area (Å²) in [5.74, 6) is 10.2. The Hall–Kier alpha value is -1.93. The fourth-order valence-corrected chi connectivity index (χ4v) is 7.97. The van der Waals surface area contributed by atoms with E-state index in [9.17, 15) is 9.90 Å². The second-order valence-electron chi connectivity index (χ2n) is 11.5. The van der Waals surface area contributed by atoms with Gasteiger partial charge in [-0.2, -0.15) is 15.0 Å². The Bertz CT molecular complexity index is 984. The van der Waals surface area contributed by atoms with Gasteiger partial charge in [0.25, 0.3) is 0 Å². The van der Waals surface area contributed by atoms with Gasteiger partial charge in [-0.05, 0) is 86.9 Å². The maximum atomic E-state index is 13.2. The Balaban J connectivity index is 1.18. The maximum absolute atomic E-state index is 13.2. The van der Waals surface area contributed by atoms with Crippen molar-refractivity contribution in [1.29, 1.82) is 0 Å². The quantitative estimate of drug-likeness (QED) is 0.574. The zero-order chi connectivity index (χ0) is 21.9. The minimum Gasteiger partial charge on any atom is -0.377 e. The van der Waals surface area contributed by atoms with Crippen molar-refractivity contribution < 1.29 is 9.90 Å². The highest BCUT2D eigenvalue weighted by Gasteiger charge is 2.57. The molecule has 0 spiro atoms. The average molecular weight is 434 g/mol. The van der Waals surface area contributed by atoms with Crippen LogP contribution in [0, 0.1) is 52.8 Å². The van der Waals surface area contributed by atoms with Gasteiger partial charge in [0.2, 0.25) is 0 Å². The van der Waals surface area contributed by atoms with Gasteiger partial charge >= 0.3 is 0 Å². The summed E-state index contributed by atoms with van der Waals surface area (Å²) in [6.07, 6.45) is 16.5. The Kier molecular flexibility index (Phi) is 4.88. The van der Waals surface area contributed by atoms with Crippen LogP contribution in [-0.2, 0) is 11.3 Å². The number of fused-ring (bicyclic) bond motifs is 5. The van der Waals surface area contributed by atoms with E-state index in [-0.39, 0.29) is 11.3 Å². The van der Waals surface area contributed by atoms with Crippen LogP contribution in [0.1, 0.15) is 71.1 Å². The van der Waals surface area contributed by atoms with E-state index in [4.69, 9.17) is 0 Å². The average Bonchev–Trinajstić information content (AvgIpc) is 3.34. The molecule has 0 amide bonds. The number of rotatable bonds is 3. The largest absolute Gasteiger partial charge is 0.377 e. The van der Waals surface area contributed by atoms with Crippen molar-refractivity contribution >= 4 is 5.78 Å². The lowest BCUT2D eigenvalue weighted by atomic mass is 9.51. The Morgan fingerprint density at radius 1 is 1.12 bits per heavy atom. The molecule has 4 saturated carbocycles. The molecule has 7 unspecified atom stereocenters. The number of hydrogen-bond donors (Lipinski definition) is 1. The van der Waals surface area contributed by atoms with Crippen molar-refractivity contribution in [3.63, 3.8) is 0 Å². The molecule has 5 heteroatoms. The molecule has 5 aliphatic rings. The van der Waals surface area contributed by atoms with Gasteiger partial charge in [0.1, 0.15) is 12.1 Å². The van der Waals surface area contributed by atoms with E-state index < -0.39 is 5.60 Å². The van der Waals surface area contributed by atoms with Gasteiger partial charge in [-0.15, -0.1) is 0 Å². The molecule has 0 saturated heterocycles. The number of hydrogen-bond acceptors (Lipinski definition) is 4. The summed E-state index contributed by atoms with van der Waals surface area (Å²) in [6, 6.07) is 0. The van der Waals surface area contributed by atoms with Gasteiger partial charge in [-0.25, -0.2) is 0 Å². The number of carbonyl (C=O) groups excluding carboxylic acids is 1. The fourth-order valence-electron chi connectivity index (χ4n) is 7.97. The highest BCUT2D eigenvalue weighted by atomic mass is 16.3. The van der Waals surface area contributed by atoms with E-state index in [0.29, 0.717) is 36.0 Å². The first-order valence-corrected chi connectivity index (χ1v) is 12.8. The first-order chi connectivity index (χ1) is 15.5. The summed E-state index contributed by atoms with van der Waals surface area (Å²) >= 11 is 0. The molecule has 0 aliphatic heterocycles. The van der Waals surface area contributed by atoms with E-state index in [1.165, 1.54) is 36.1 Å². The van der Waals surface area contributed by atoms with Gasteiger partial charge in [-0.1, -0.05) is 30.4 Å². The lowest BCUT2D eigenvalue weighted by Crippen LogP contribution is -2.48. The topological polar surface area (TPSA) is 68.0 Å². The fraction of sp³-hybridized carbons (Fsp3) is 0.741. The first kappa shape index (κ1) is 20.7. The predicted octanol–water partition coefficient (Wildman–Crippen LogP) is 4.18. The van der Waals surface area contributed by atoms with E-state index in [1.54, 1.807) is 12.4 Å². The second-order valence-corrected chi connectivity index (χ2v) is 11.5. The molecule has 1 aromatic rings. The van der Waals surface area contributed by atoms with Crippen LogP contribution in [0.5, 0.6) is 0 Å². The summed E-state index contributed by atoms with van der Waals surface area (Å²) in [7, 11) is 0. The number of aliphatic hydroxyl groups is 1. The Labute approximate surface area is 191 Å². The van der Waals surface area contributed by atoms with Crippen molar-refractivity contribution in [3.8, 4) is 11.8 Å². The molecule has 32 heavy (non-hydrogen) atoms. The third kappa shape index (κ3) is 3.46. The lowest BCUT2D eigenvalue weighted by molar-refractivity contribution is -0.130. The summed E-state index contributed by atoms with van der Waals surface area (Å²) in [5.41, 5.74) is 0.790. The minimum absolute atomic E-state index is 0.113. The zero-order valence-corrected chi connectivity index (χ0v) is 19.2. The maximum Gasteiger partial charge on any atom is 0.159 e. The zero-order valence-electron chi connectivity index (χ0n) is 19.2. The van der Waals surface area contributed by atoms with Gasteiger partial charge < -0.3 is 5.11 Å². The van der Waals surface area contributed by atoms with Crippen LogP contribution in [0.4, 0.5) is 0 Å². The van der Waals surface area contributed by atoms with Gasteiger partial charge in [-0.3, -0.25) is 4.79 Å². The molecule has 1 aromatic heterocycles. The summed E-state index contributed by atoms with van der Waals surface area (Å²) in [5, 5.41) is 19.4. The van der Waals surface area contributed by atoms with Crippen molar-refractivity contribution in [2.24, 2.45) is 40.9 Å². The molecule has 7 atom stereocenters. The number of carbonyl (C=O) groups is 1. The number of ketones is 1. The van der Waals surface area contributed by atoms with Crippen LogP contribution in [0.15, 0.2) is 24.0 Å². The first-order valence-electron chi connectivity index (χ1n) is 12.8. The lowest BCUT2D eigenvalue weighted by Gasteiger charge is -2.54. The SMILES string of the molecule is CC12CCC3C4CCC(O)(C#CC5CC5)CC4=CCC3C1CCC2C(=O)Cn1nccn1. The van der Waals surface area contributed by atoms with Crippen molar-refractivity contribution in [1.82, 2.24) is 15.0 Å². The molecular formula is C27H35N3O2. The van der Waals surface area contributed by atoms with Crippen LogP contribution >= 0.6 is 0 Å². The molecule has 1 heterocycles. The molecule has 4 fully saturated rings. The molecule has 170 valence electrons. The Morgan fingerprint density at radius 2 is 1.94 bits per heavy atom. The normalized spacial score (nSPS) is 42.7. The minimum atomic E-state index is -0.799. The van der Waals surface area contributed by atoms with Crippen LogP contribution < -0.4 is 0 Å². The number of allylic oxidation sites excluding steroid dienone is 1. The molecule has 1 N–H and O–H groups in total. The molecule has 6 rings (SSSR count). The number of aromatic nitrogens is 3. The van der Waals surface area contributed by atoms with Crippen LogP contribution in [0.3, 0.4) is 0 Å². The second kappa shape index (κ2) is 7.55. The standard InChI is InChI=1S/C27H35N3O2/c1-26-11-9-21-20-10-13-27(32,12-8-18-2-3-18)16-19(20)4-5-22(21)23(26)6-7-24(26)25(31)17-30-28-14-15-29-30/h4,14-15,18,20-24,32H,2-3,5-7,9-11,13,16-17H2,1H3. The highest BCUT2D eigenvalue weighted by molar-refractivity contribution is 5.82. The van der Waals surface area contributed by atoms with Crippen LogP contribution in [-0.4, -0.2) is 31.5 Å². The highest BCUT2D eigenvalue weighted by Crippen LogP contribution is 2.63. The molecular weight excluding hydrogens is 398 g/mol. The monoisotopic (exact) mass is 433 g/mol. The van der Waals surface area contributed by atoms with Crippen molar-refractivity contribution in [2.45, 2.75) is 83.3 Å². The van der Waals surface area contributed by atoms with E-state index in [0.717, 1.165) is 44.4 Å². The smallest absolute Gasteiger partial charge is 0.159 e. The summed E-state index contributed by atoms with van der Waals surface area (Å²) < 4.78 is 0. The molecule has 0 aromatic carbocycles. The van der Waals surface area contributed by atoms with E-state index in [2.05, 4.69) is 35.0 Å². The molecule has 0 bridgehead atoms. The van der Waals surface area contributed by atoms with Gasteiger partial charge in [0, 0.05) is 18.3 Å². The van der Waals surface area contributed by atoms with Gasteiger partial charge in [0.05, 0.1) is 12.4 Å².